The van der Waals surface area contributed by atoms with E-state index >= 15 is 0 Å². The van der Waals surface area contributed by atoms with Crippen molar-refractivity contribution in [2.45, 2.75) is 18.2 Å². The molecule has 0 aliphatic carbocycles. The van der Waals surface area contributed by atoms with Gasteiger partial charge in [-0.05, 0) is 19.4 Å². The Morgan fingerprint density at radius 1 is 1.65 bits per heavy atom. The number of aryl methyl sites for hydroxylation is 1. The zero-order chi connectivity index (χ0) is 13.1. The summed E-state index contributed by atoms with van der Waals surface area (Å²) in [6.07, 6.45) is 2.12. The summed E-state index contributed by atoms with van der Waals surface area (Å²) in [7, 11) is -3.63. The molecule has 0 bridgehead atoms. The van der Waals surface area contributed by atoms with Crippen molar-refractivity contribution in [1.29, 1.82) is 0 Å². The van der Waals surface area contributed by atoms with Crippen LogP contribution in [0.4, 0.5) is 0 Å². The van der Waals surface area contributed by atoms with Gasteiger partial charge < -0.3 is 5.11 Å². The van der Waals surface area contributed by atoms with E-state index < -0.39 is 16.0 Å². The number of carboxylic acid groups (broad SMARTS) is 1. The molecule has 5 nitrogen and oxygen atoms in total. The van der Waals surface area contributed by atoms with E-state index in [-0.39, 0.29) is 16.3 Å². The lowest BCUT2D eigenvalue weighted by molar-refractivity contribution is 0.0702. The van der Waals surface area contributed by atoms with Crippen LogP contribution in [0.3, 0.4) is 0 Å². The summed E-state index contributed by atoms with van der Waals surface area (Å²) in [6.45, 7) is 5.32. The Kier molecular flexibility index (Phi) is 4.44. The maximum Gasteiger partial charge on any atom is 0.345 e. The Bertz CT molecular complexity index is 531. The number of carbonyl (C=O) groups is 1. The zero-order valence-electron chi connectivity index (χ0n) is 9.26. The summed E-state index contributed by atoms with van der Waals surface area (Å²) >= 11 is 0.950. The summed E-state index contributed by atoms with van der Waals surface area (Å²) in [4.78, 5) is 11.3. The lowest BCUT2D eigenvalue weighted by Gasteiger charge is -2.03. The van der Waals surface area contributed by atoms with E-state index in [0.717, 1.165) is 11.3 Å². The highest BCUT2D eigenvalue weighted by Gasteiger charge is 2.21. The quantitative estimate of drug-likeness (QED) is 0.610. The third-order valence-corrected chi connectivity index (χ3v) is 4.77. The van der Waals surface area contributed by atoms with Crippen molar-refractivity contribution in [1.82, 2.24) is 4.72 Å². The van der Waals surface area contributed by atoms with E-state index in [0.29, 0.717) is 11.3 Å². The van der Waals surface area contributed by atoms with Crippen molar-refractivity contribution in [3.8, 4) is 0 Å². The van der Waals surface area contributed by atoms with Crippen molar-refractivity contribution >= 4 is 27.3 Å². The van der Waals surface area contributed by atoms with Gasteiger partial charge in [0.25, 0.3) is 0 Å². The van der Waals surface area contributed by atoms with Crippen LogP contribution in [0.1, 0.15) is 21.0 Å². The molecule has 0 saturated carbocycles. The highest BCUT2D eigenvalue weighted by Crippen LogP contribution is 2.25. The number of hydrogen-bond donors (Lipinski definition) is 2. The minimum atomic E-state index is -3.63. The molecular weight excluding hydrogens is 262 g/mol. The van der Waals surface area contributed by atoms with Crippen LogP contribution in [0, 0.1) is 6.92 Å². The van der Waals surface area contributed by atoms with E-state index in [1.807, 2.05) is 0 Å². The molecule has 1 aromatic heterocycles. The molecule has 0 unspecified atom stereocenters. The van der Waals surface area contributed by atoms with Crippen LogP contribution in [-0.4, -0.2) is 26.0 Å². The predicted molar refractivity (Wildman–Crippen MR) is 66.0 cm³/mol. The molecule has 1 rings (SSSR count). The molecule has 7 heteroatoms. The van der Waals surface area contributed by atoms with Crippen LogP contribution in [0.5, 0.6) is 0 Å². The predicted octanol–water partition coefficient (Wildman–Crippen LogP) is 1.61. The minimum absolute atomic E-state index is 0.0200. The summed E-state index contributed by atoms with van der Waals surface area (Å²) < 4.78 is 26.0. The molecule has 17 heavy (non-hydrogen) atoms. The third-order valence-electron chi connectivity index (χ3n) is 2.01. The maximum atomic E-state index is 11.8. The molecular formula is C10H13NO4S2. The van der Waals surface area contributed by atoms with Gasteiger partial charge in [0.15, 0.2) is 0 Å². The standard InChI is InChI=1S/C10H13NO4S2/c1-3-4-5-11-17(14,15)9-6-8(10(12)13)16-7(9)2/h3,6,11H,1,4-5H2,2H3,(H,12,13). The van der Waals surface area contributed by atoms with E-state index in [2.05, 4.69) is 11.3 Å². The van der Waals surface area contributed by atoms with Crippen LogP contribution >= 0.6 is 11.3 Å². The third kappa shape index (κ3) is 3.39. The smallest absolute Gasteiger partial charge is 0.345 e. The van der Waals surface area contributed by atoms with Crippen LogP contribution in [-0.2, 0) is 10.0 Å². The van der Waals surface area contributed by atoms with Crippen LogP contribution in [0.25, 0.3) is 0 Å². The average molecular weight is 275 g/mol. The molecule has 2 N–H and O–H groups in total. The lowest BCUT2D eigenvalue weighted by atomic mass is 10.4. The molecule has 0 atom stereocenters. The average Bonchev–Trinajstić information content (AvgIpc) is 2.61. The molecule has 0 radical (unpaired) electrons. The second kappa shape index (κ2) is 5.44. The fourth-order valence-electron chi connectivity index (χ4n) is 1.21. The number of sulfonamides is 1. The first kappa shape index (κ1) is 13.9. The van der Waals surface area contributed by atoms with E-state index in [9.17, 15) is 13.2 Å². The number of thiophene rings is 1. The van der Waals surface area contributed by atoms with Gasteiger partial charge in [0, 0.05) is 11.4 Å². The van der Waals surface area contributed by atoms with Gasteiger partial charge in [-0.3, -0.25) is 0 Å². The summed E-state index contributed by atoms with van der Waals surface area (Å²) in [5.74, 6) is -1.12. The molecule has 0 spiro atoms. The van der Waals surface area contributed by atoms with Crippen molar-refractivity contribution in [2.24, 2.45) is 0 Å². The van der Waals surface area contributed by atoms with Gasteiger partial charge in [0.05, 0.1) is 4.90 Å². The summed E-state index contributed by atoms with van der Waals surface area (Å²) in [5, 5.41) is 8.78. The zero-order valence-corrected chi connectivity index (χ0v) is 10.9. The molecule has 0 amide bonds. The van der Waals surface area contributed by atoms with Gasteiger partial charge in [-0.25, -0.2) is 17.9 Å². The van der Waals surface area contributed by atoms with Gasteiger partial charge in [-0.2, -0.15) is 0 Å². The van der Waals surface area contributed by atoms with Crippen molar-refractivity contribution in [2.75, 3.05) is 6.54 Å². The fraction of sp³-hybridized carbons (Fsp3) is 0.300. The van der Waals surface area contributed by atoms with E-state index in [4.69, 9.17) is 5.11 Å². The van der Waals surface area contributed by atoms with Gasteiger partial charge in [0.2, 0.25) is 10.0 Å². The Balaban J connectivity index is 2.98. The normalized spacial score (nSPS) is 11.4. The first-order valence-corrected chi connectivity index (χ1v) is 7.12. The highest BCUT2D eigenvalue weighted by molar-refractivity contribution is 7.89. The molecule has 0 aliphatic rings. The van der Waals surface area contributed by atoms with Gasteiger partial charge >= 0.3 is 5.97 Å². The Morgan fingerprint density at radius 2 is 2.29 bits per heavy atom. The second-order valence-corrected chi connectivity index (χ2v) is 6.30. The molecule has 1 aromatic rings. The summed E-state index contributed by atoms with van der Waals surface area (Å²) in [5.41, 5.74) is 0. The first-order chi connectivity index (χ1) is 7.88. The van der Waals surface area contributed by atoms with Crippen LogP contribution in [0.2, 0.25) is 0 Å². The van der Waals surface area contributed by atoms with Gasteiger partial charge in [-0.1, -0.05) is 6.08 Å². The number of rotatable bonds is 6. The fourth-order valence-corrected chi connectivity index (χ4v) is 3.69. The SMILES string of the molecule is C=CCCNS(=O)(=O)c1cc(C(=O)O)sc1C. The number of aromatic carboxylic acids is 1. The number of hydrogen-bond acceptors (Lipinski definition) is 4. The van der Waals surface area contributed by atoms with Crippen LogP contribution in [0.15, 0.2) is 23.6 Å². The molecule has 94 valence electrons. The van der Waals surface area contributed by atoms with Gasteiger partial charge in [-0.15, -0.1) is 17.9 Å². The molecule has 0 aromatic carbocycles. The van der Waals surface area contributed by atoms with Crippen molar-refractivity contribution in [3.63, 3.8) is 0 Å². The van der Waals surface area contributed by atoms with E-state index in [1.54, 1.807) is 13.0 Å². The molecule has 1 heterocycles. The molecule has 0 saturated heterocycles. The summed E-state index contributed by atoms with van der Waals surface area (Å²) in [6, 6.07) is 1.18. The number of carboxylic acids is 1. The molecule has 0 fully saturated rings. The second-order valence-electron chi connectivity index (χ2n) is 3.31. The number of nitrogens with one attached hydrogen (secondary N) is 1. The lowest BCUT2D eigenvalue weighted by Crippen LogP contribution is -2.24. The molecule has 0 aliphatic heterocycles. The van der Waals surface area contributed by atoms with Crippen LogP contribution < -0.4 is 4.72 Å². The Labute approximate surface area is 104 Å². The minimum Gasteiger partial charge on any atom is -0.477 e. The van der Waals surface area contributed by atoms with Gasteiger partial charge in [0.1, 0.15) is 4.88 Å². The maximum absolute atomic E-state index is 11.8. The highest BCUT2D eigenvalue weighted by atomic mass is 32.2. The first-order valence-electron chi connectivity index (χ1n) is 4.82. The monoisotopic (exact) mass is 275 g/mol. The largest absolute Gasteiger partial charge is 0.477 e. The Hall–Kier alpha value is -1.18. The van der Waals surface area contributed by atoms with Crippen molar-refractivity contribution < 1.29 is 18.3 Å². The Morgan fingerprint density at radius 3 is 2.76 bits per heavy atom. The topological polar surface area (TPSA) is 83.5 Å². The van der Waals surface area contributed by atoms with E-state index in [1.165, 1.54) is 6.07 Å². The van der Waals surface area contributed by atoms with Crippen molar-refractivity contribution in [3.05, 3.63) is 28.5 Å².